The third-order valence-corrected chi connectivity index (χ3v) is 4.55. The molecule has 0 aliphatic carbocycles. The van der Waals surface area contributed by atoms with Gasteiger partial charge in [-0.05, 0) is 49.7 Å². The standard InChI is InChI=1S/C21H24N2O3S/c1-4-13-26-19-12-11-17(14-20(19)25-5-2)15-22-23-21(24)16(3)27-18-9-7-6-8-10-18/h4,6-12,14-16H,1,5,13H2,2-3H3,(H,23,24)/b22-15-/t16-/m0/s1. The van der Waals surface area contributed by atoms with Crippen molar-refractivity contribution in [1.82, 2.24) is 5.43 Å². The first-order chi connectivity index (χ1) is 13.1. The second-order valence-corrected chi connectivity index (χ2v) is 6.96. The van der Waals surface area contributed by atoms with E-state index in [2.05, 4.69) is 17.1 Å². The molecule has 142 valence electrons. The molecule has 0 saturated heterocycles. The number of hydrazone groups is 1. The number of nitrogens with zero attached hydrogens (tertiary/aromatic N) is 1. The summed E-state index contributed by atoms with van der Waals surface area (Å²) in [6.45, 7) is 8.32. The van der Waals surface area contributed by atoms with Crippen LogP contribution in [-0.2, 0) is 4.79 Å². The predicted octanol–water partition coefficient (Wildman–Crippen LogP) is 4.28. The number of carbonyl (C=O) groups is 1. The summed E-state index contributed by atoms with van der Waals surface area (Å²) in [5.74, 6) is 1.12. The number of nitrogens with one attached hydrogen (secondary N) is 1. The molecule has 1 amide bonds. The molecular weight excluding hydrogens is 360 g/mol. The average molecular weight is 385 g/mol. The Morgan fingerprint density at radius 3 is 2.70 bits per heavy atom. The van der Waals surface area contributed by atoms with Crippen molar-refractivity contribution in [2.75, 3.05) is 13.2 Å². The van der Waals surface area contributed by atoms with Gasteiger partial charge in [-0.15, -0.1) is 11.8 Å². The molecule has 1 atom stereocenters. The van der Waals surface area contributed by atoms with Gasteiger partial charge >= 0.3 is 0 Å². The molecule has 0 unspecified atom stereocenters. The Morgan fingerprint density at radius 2 is 2.00 bits per heavy atom. The topological polar surface area (TPSA) is 59.9 Å². The lowest BCUT2D eigenvalue weighted by Gasteiger charge is -2.11. The van der Waals surface area contributed by atoms with Crippen LogP contribution >= 0.6 is 11.8 Å². The van der Waals surface area contributed by atoms with Crippen LogP contribution in [0.25, 0.3) is 0 Å². The van der Waals surface area contributed by atoms with Crippen LogP contribution in [0.1, 0.15) is 19.4 Å². The highest BCUT2D eigenvalue weighted by Crippen LogP contribution is 2.28. The van der Waals surface area contributed by atoms with E-state index in [1.165, 1.54) is 11.8 Å². The van der Waals surface area contributed by atoms with Gasteiger partial charge in [0.05, 0.1) is 18.1 Å². The highest BCUT2D eigenvalue weighted by Gasteiger charge is 2.13. The molecule has 0 bridgehead atoms. The number of rotatable bonds is 10. The second-order valence-electron chi connectivity index (χ2n) is 5.55. The van der Waals surface area contributed by atoms with Gasteiger partial charge in [-0.1, -0.05) is 30.9 Å². The molecule has 0 aliphatic rings. The fourth-order valence-electron chi connectivity index (χ4n) is 2.16. The Labute approximate surface area is 164 Å². The summed E-state index contributed by atoms with van der Waals surface area (Å²) in [4.78, 5) is 13.2. The molecule has 2 aromatic carbocycles. The smallest absolute Gasteiger partial charge is 0.253 e. The minimum Gasteiger partial charge on any atom is -0.490 e. The van der Waals surface area contributed by atoms with E-state index in [1.807, 2.05) is 62.4 Å². The maximum Gasteiger partial charge on any atom is 0.253 e. The molecular formula is C21H24N2O3S. The number of benzene rings is 2. The zero-order valence-corrected chi connectivity index (χ0v) is 16.4. The minimum atomic E-state index is -0.252. The number of ether oxygens (including phenoxy) is 2. The van der Waals surface area contributed by atoms with Gasteiger partial charge in [0, 0.05) is 4.90 Å². The van der Waals surface area contributed by atoms with Crippen molar-refractivity contribution in [2.45, 2.75) is 24.0 Å². The highest BCUT2D eigenvalue weighted by atomic mass is 32.2. The van der Waals surface area contributed by atoms with Crippen molar-refractivity contribution in [1.29, 1.82) is 0 Å². The third kappa shape index (κ3) is 6.83. The van der Waals surface area contributed by atoms with Gasteiger partial charge in [0.1, 0.15) is 6.61 Å². The molecule has 0 radical (unpaired) electrons. The number of carbonyl (C=O) groups excluding carboxylic acids is 1. The molecule has 5 nitrogen and oxygen atoms in total. The quantitative estimate of drug-likeness (QED) is 0.287. The van der Waals surface area contributed by atoms with Crippen molar-refractivity contribution < 1.29 is 14.3 Å². The van der Waals surface area contributed by atoms with Gasteiger partial charge in [-0.3, -0.25) is 4.79 Å². The van der Waals surface area contributed by atoms with Crippen molar-refractivity contribution in [3.63, 3.8) is 0 Å². The van der Waals surface area contributed by atoms with E-state index in [0.717, 1.165) is 10.5 Å². The Bertz CT molecular complexity index is 778. The molecule has 2 rings (SSSR count). The molecule has 1 N–H and O–H groups in total. The Balaban J connectivity index is 1.95. The van der Waals surface area contributed by atoms with E-state index in [-0.39, 0.29) is 11.2 Å². The van der Waals surface area contributed by atoms with E-state index in [1.54, 1.807) is 12.3 Å². The van der Waals surface area contributed by atoms with Gasteiger partial charge in [-0.25, -0.2) is 5.43 Å². The fraction of sp³-hybridized carbons (Fsp3) is 0.238. The number of hydrogen-bond acceptors (Lipinski definition) is 5. The summed E-state index contributed by atoms with van der Waals surface area (Å²) in [5.41, 5.74) is 3.38. The predicted molar refractivity (Wildman–Crippen MR) is 111 cm³/mol. The number of amides is 1. The summed E-state index contributed by atoms with van der Waals surface area (Å²) in [7, 11) is 0. The number of hydrogen-bond donors (Lipinski definition) is 1. The van der Waals surface area contributed by atoms with Crippen LogP contribution in [-0.4, -0.2) is 30.6 Å². The Hall–Kier alpha value is -2.73. The van der Waals surface area contributed by atoms with E-state index in [0.29, 0.717) is 24.7 Å². The van der Waals surface area contributed by atoms with E-state index < -0.39 is 0 Å². The van der Waals surface area contributed by atoms with Crippen molar-refractivity contribution >= 4 is 23.9 Å². The van der Waals surface area contributed by atoms with Crippen LogP contribution in [0.5, 0.6) is 11.5 Å². The van der Waals surface area contributed by atoms with E-state index >= 15 is 0 Å². The van der Waals surface area contributed by atoms with Crippen LogP contribution in [0.3, 0.4) is 0 Å². The summed E-state index contributed by atoms with van der Waals surface area (Å²) >= 11 is 1.49. The molecule has 0 fully saturated rings. The highest BCUT2D eigenvalue weighted by molar-refractivity contribution is 8.00. The summed E-state index contributed by atoms with van der Waals surface area (Å²) in [6, 6.07) is 15.3. The van der Waals surface area contributed by atoms with Crippen LogP contribution in [0, 0.1) is 0 Å². The molecule has 0 saturated carbocycles. The average Bonchev–Trinajstić information content (AvgIpc) is 2.68. The molecule has 6 heteroatoms. The summed E-state index contributed by atoms with van der Waals surface area (Å²) in [6.07, 6.45) is 3.26. The molecule has 0 spiro atoms. The van der Waals surface area contributed by atoms with Crippen LogP contribution in [0.2, 0.25) is 0 Å². The first-order valence-electron chi connectivity index (χ1n) is 8.69. The zero-order chi connectivity index (χ0) is 19.5. The lowest BCUT2D eigenvalue weighted by molar-refractivity contribution is -0.120. The van der Waals surface area contributed by atoms with Gasteiger partial charge in [0.15, 0.2) is 11.5 Å². The number of thioether (sulfide) groups is 1. The summed E-state index contributed by atoms with van der Waals surface area (Å²) in [5, 5.41) is 3.80. The minimum absolute atomic E-state index is 0.156. The largest absolute Gasteiger partial charge is 0.490 e. The lowest BCUT2D eigenvalue weighted by Crippen LogP contribution is -2.26. The molecule has 2 aromatic rings. The van der Waals surface area contributed by atoms with Gasteiger partial charge < -0.3 is 9.47 Å². The van der Waals surface area contributed by atoms with Gasteiger partial charge in [-0.2, -0.15) is 5.10 Å². The maximum atomic E-state index is 12.2. The van der Waals surface area contributed by atoms with Crippen LogP contribution in [0.4, 0.5) is 0 Å². The van der Waals surface area contributed by atoms with Gasteiger partial charge in [0.2, 0.25) is 0 Å². The Kier molecular flexibility index (Phi) is 8.45. The van der Waals surface area contributed by atoms with Crippen molar-refractivity contribution in [3.05, 3.63) is 66.7 Å². The first-order valence-corrected chi connectivity index (χ1v) is 9.57. The first kappa shape index (κ1) is 20.6. The second kappa shape index (κ2) is 11.1. The maximum absolute atomic E-state index is 12.2. The van der Waals surface area contributed by atoms with Crippen LogP contribution in [0.15, 0.2) is 71.2 Å². The van der Waals surface area contributed by atoms with E-state index in [9.17, 15) is 4.79 Å². The van der Waals surface area contributed by atoms with Crippen LogP contribution < -0.4 is 14.9 Å². The molecule has 0 heterocycles. The zero-order valence-electron chi connectivity index (χ0n) is 15.6. The normalized spacial score (nSPS) is 11.8. The third-order valence-electron chi connectivity index (χ3n) is 3.44. The van der Waals surface area contributed by atoms with Crippen molar-refractivity contribution in [2.24, 2.45) is 5.10 Å². The molecule has 27 heavy (non-hydrogen) atoms. The lowest BCUT2D eigenvalue weighted by atomic mass is 10.2. The van der Waals surface area contributed by atoms with Crippen molar-refractivity contribution in [3.8, 4) is 11.5 Å². The van der Waals surface area contributed by atoms with Gasteiger partial charge in [0.25, 0.3) is 5.91 Å². The molecule has 0 aromatic heterocycles. The molecule has 0 aliphatic heterocycles. The summed E-state index contributed by atoms with van der Waals surface area (Å²) < 4.78 is 11.2. The van der Waals surface area contributed by atoms with E-state index in [4.69, 9.17) is 9.47 Å². The monoisotopic (exact) mass is 384 g/mol. The SMILES string of the molecule is C=CCOc1ccc(/C=N\NC(=O)[C@H](C)Sc2ccccc2)cc1OCC. The Morgan fingerprint density at radius 1 is 1.22 bits per heavy atom. The fourth-order valence-corrected chi connectivity index (χ4v) is 3.04.